The summed E-state index contributed by atoms with van der Waals surface area (Å²) in [7, 11) is -3.80. The zero-order chi connectivity index (χ0) is 15.9. The molecule has 21 heavy (non-hydrogen) atoms. The van der Waals surface area contributed by atoms with E-state index in [9.17, 15) is 18.0 Å². The van der Waals surface area contributed by atoms with Gasteiger partial charge < -0.3 is 15.2 Å². The fourth-order valence-corrected chi connectivity index (χ4v) is 2.01. The van der Waals surface area contributed by atoms with Crippen LogP contribution in [0, 0.1) is 0 Å². The first kappa shape index (κ1) is 16.9. The number of rotatable bonds is 7. The van der Waals surface area contributed by atoms with Gasteiger partial charge in [-0.25, -0.2) is 23.1 Å². The van der Waals surface area contributed by atoms with E-state index in [1.165, 1.54) is 0 Å². The summed E-state index contributed by atoms with van der Waals surface area (Å²) in [4.78, 5) is 22.4. The Morgan fingerprint density at radius 1 is 1.29 bits per heavy atom. The molecule has 1 aromatic carbocycles. The van der Waals surface area contributed by atoms with Gasteiger partial charge in [-0.05, 0) is 12.0 Å². The van der Waals surface area contributed by atoms with Crippen LogP contribution in [-0.2, 0) is 26.2 Å². The number of amides is 1. The van der Waals surface area contributed by atoms with Crippen LogP contribution in [0.25, 0.3) is 0 Å². The average Bonchev–Trinajstić information content (AvgIpc) is 2.41. The number of ether oxygens (including phenoxy) is 1. The smallest absolute Gasteiger partial charge is 0.408 e. The maximum atomic E-state index is 11.5. The highest BCUT2D eigenvalue weighted by molar-refractivity contribution is 7.89. The molecule has 0 spiro atoms. The molecule has 116 valence electrons. The number of hydrogen-bond acceptors (Lipinski definition) is 5. The third kappa shape index (κ3) is 7.28. The lowest BCUT2D eigenvalue weighted by Gasteiger charge is -2.14. The summed E-state index contributed by atoms with van der Waals surface area (Å²) in [5.74, 6) is -1.92. The van der Waals surface area contributed by atoms with Crippen LogP contribution >= 0.6 is 0 Å². The number of carbonyl (C=O) groups excluding carboxylic acids is 1. The van der Waals surface area contributed by atoms with Gasteiger partial charge >= 0.3 is 12.1 Å². The number of sulfonamides is 1. The number of hydrogen-bond donors (Lipinski definition) is 3. The lowest BCUT2D eigenvalue weighted by molar-refractivity contribution is -0.139. The van der Waals surface area contributed by atoms with E-state index in [-0.39, 0.29) is 13.0 Å². The van der Waals surface area contributed by atoms with E-state index in [2.05, 4.69) is 5.32 Å². The van der Waals surface area contributed by atoms with Crippen molar-refractivity contribution < 1.29 is 27.9 Å². The molecule has 4 N–H and O–H groups in total. The summed E-state index contributed by atoms with van der Waals surface area (Å²) in [5, 5.41) is 15.8. The van der Waals surface area contributed by atoms with Crippen LogP contribution in [0.2, 0.25) is 0 Å². The first-order chi connectivity index (χ1) is 9.78. The van der Waals surface area contributed by atoms with Gasteiger partial charge in [0, 0.05) is 0 Å². The molecule has 1 atom stereocenters. The number of benzene rings is 1. The monoisotopic (exact) mass is 316 g/mol. The number of carboxylic acids is 1. The van der Waals surface area contributed by atoms with Crippen molar-refractivity contribution in [1.29, 1.82) is 0 Å². The van der Waals surface area contributed by atoms with Gasteiger partial charge in [0.25, 0.3) is 0 Å². The summed E-state index contributed by atoms with van der Waals surface area (Å²) in [5.41, 5.74) is 0.740. The van der Waals surface area contributed by atoms with Crippen molar-refractivity contribution >= 4 is 22.1 Å². The molecule has 0 aliphatic rings. The Balaban J connectivity index is 2.47. The van der Waals surface area contributed by atoms with Crippen LogP contribution in [0.3, 0.4) is 0 Å². The van der Waals surface area contributed by atoms with Crippen LogP contribution in [0.5, 0.6) is 0 Å². The van der Waals surface area contributed by atoms with Crippen molar-refractivity contribution in [2.24, 2.45) is 5.14 Å². The zero-order valence-corrected chi connectivity index (χ0v) is 11.9. The van der Waals surface area contributed by atoms with Gasteiger partial charge in [0.15, 0.2) is 0 Å². The van der Waals surface area contributed by atoms with E-state index >= 15 is 0 Å². The maximum absolute atomic E-state index is 11.5. The van der Waals surface area contributed by atoms with Gasteiger partial charge in [-0.2, -0.15) is 0 Å². The molecule has 8 nitrogen and oxygen atoms in total. The average molecular weight is 316 g/mol. The standard InChI is InChI=1S/C12H16N2O6S/c13-21(18,19)7-6-10(11(15)16)14-12(17)20-8-9-4-2-1-3-5-9/h1-5,10H,6-8H2,(H,14,17)(H,15,16)(H2,13,18,19). The lowest BCUT2D eigenvalue weighted by atomic mass is 10.2. The van der Waals surface area contributed by atoms with Crippen LogP contribution in [-0.4, -0.2) is 37.4 Å². The molecule has 0 fully saturated rings. The fraction of sp³-hybridized carbons (Fsp3) is 0.333. The second-order valence-electron chi connectivity index (χ2n) is 4.25. The Labute approximate surface area is 122 Å². The summed E-state index contributed by atoms with van der Waals surface area (Å²) < 4.78 is 26.4. The van der Waals surface area contributed by atoms with Crippen molar-refractivity contribution in [2.45, 2.75) is 19.1 Å². The minimum absolute atomic E-state index is 0.0196. The molecule has 0 bridgehead atoms. The fourth-order valence-electron chi connectivity index (χ4n) is 1.45. The predicted molar refractivity (Wildman–Crippen MR) is 73.8 cm³/mol. The quantitative estimate of drug-likeness (QED) is 0.650. The molecule has 0 aliphatic carbocycles. The van der Waals surface area contributed by atoms with Crippen molar-refractivity contribution in [3.05, 3.63) is 35.9 Å². The van der Waals surface area contributed by atoms with Gasteiger partial charge in [-0.15, -0.1) is 0 Å². The first-order valence-electron chi connectivity index (χ1n) is 5.98. The normalized spacial score (nSPS) is 12.4. The molecule has 0 aromatic heterocycles. The second kappa shape index (κ2) is 7.60. The van der Waals surface area contributed by atoms with E-state index in [1.807, 2.05) is 0 Å². The summed E-state index contributed by atoms with van der Waals surface area (Å²) in [6.07, 6.45) is -1.28. The van der Waals surface area contributed by atoms with Crippen molar-refractivity contribution in [3.63, 3.8) is 0 Å². The van der Waals surface area contributed by atoms with Crippen molar-refractivity contribution in [2.75, 3.05) is 5.75 Å². The van der Waals surface area contributed by atoms with Crippen LogP contribution in [0.15, 0.2) is 30.3 Å². The summed E-state index contributed by atoms with van der Waals surface area (Å²) in [6, 6.07) is 7.43. The number of nitrogens with one attached hydrogen (secondary N) is 1. The Bertz CT molecular complexity index is 587. The molecule has 1 amide bonds. The number of carbonyl (C=O) groups is 2. The van der Waals surface area contributed by atoms with Gasteiger partial charge in [-0.1, -0.05) is 30.3 Å². The van der Waals surface area contributed by atoms with Gasteiger partial charge in [-0.3, -0.25) is 0 Å². The Morgan fingerprint density at radius 3 is 2.43 bits per heavy atom. The van der Waals surface area contributed by atoms with E-state index in [0.29, 0.717) is 0 Å². The minimum Gasteiger partial charge on any atom is -0.480 e. The highest BCUT2D eigenvalue weighted by atomic mass is 32.2. The molecule has 0 saturated carbocycles. The third-order valence-corrected chi connectivity index (χ3v) is 3.30. The molecule has 0 heterocycles. The first-order valence-corrected chi connectivity index (χ1v) is 7.70. The maximum Gasteiger partial charge on any atom is 0.408 e. The number of primary sulfonamides is 1. The van der Waals surface area contributed by atoms with Gasteiger partial charge in [0.05, 0.1) is 5.75 Å². The largest absolute Gasteiger partial charge is 0.480 e. The van der Waals surface area contributed by atoms with Gasteiger partial charge in [0.1, 0.15) is 12.6 Å². The molecule has 1 unspecified atom stereocenters. The summed E-state index contributed by atoms with van der Waals surface area (Å²) in [6.45, 7) is -0.0196. The lowest BCUT2D eigenvalue weighted by Crippen LogP contribution is -2.42. The molecular formula is C12H16N2O6S. The molecule has 0 saturated heterocycles. The van der Waals surface area contributed by atoms with Crippen LogP contribution in [0.1, 0.15) is 12.0 Å². The molecular weight excluding hydrogens is 300 g/mol. The molecule has 0 radical (unpaired) electrons. The van der Waals surface area contributed by atoms with Crippen LogP contribution < -0.4 is 10.5 Å². The topological polar surface area (TPSA) is 136 Å². The van der Waals surface area contributed by atoms with Gasteiger partial charge in [0.2, 0.25) is 10.0 Å². The molecule has 1 rings (SSSR count). The molecule has 1 aromatic rings. The predicted octanol–water partition coefficient (Wildman–Crippen LogP) is 0.0446. The number of alkyl carbamates (subject to hydrolysis) is 1. The number of aliphatic carboxylic acids is 1. The van der Waals surface area contributed by atoms with Crippen LogP contribution in [0.4, 0.5) is 4.79 Å². The summed E-state index contributed by atoms with van der Waals surface area (Å²) >= 11 is 0. The third-order valence-electron chi connectivity index (χ3n) is 2.49. The SMILES string of the molecule is NS(=O)(=O)CCC(NC(=O)OCc1ccccc1)C(=O)O. The number of nitrogens with two attached hydrogens (primary N) is 1. The van der Waals surface area contributed by atoms with E-state index in [0.717, 1.165) is 5.56 Å². The minimum atomic E-state index is -3.80. The van der Waals surface area contributed by atoms with E-state index in [1.54, 1.807) is 30.3 Å². The molecule has 9 heteroatoms. The van der Waals surface area contributed by atoms with Crippen molar-refractivity contribution in [1.82, 2.24) is 5.32 Å². The Hall–Kier alpha value is -2.13. The van der Waals surface area contributed by atoms with Crippen molar-refractivity contribution in [3.8, 4) is 0 Å². The Kier molecular flexibility index (Phi) is 6.12. The second-order valence-corrected chi connectivity index (χ2v) is 5.99. The van der Waals surface area contributed by atoms with E-state index in [4.69, 9.17) is 15.0 Å². The number of carboxylic acid groups (broad SMARTS) is 1. The Morgan fingerprint density at radius 2 is 1.90 bits per heavy atom. The van der Waals surface area contributed by atoms with E-state index < -0.39 is 33.9 Å². The highest BCUT2D eigenvalue weighted by Gasteiger charge is 2.22. The molecule has 0 aliphatic heterocycles. The highest BCUT2D eigenvalue weighted by Crippen LogP contribution is 2.02. The zero-order valence-electron chi connectivity index (χ0n) is 11.1.